The fraction of sp³-hybridized carbons (Fsp3) is 0.750. The van der Waals surface area contributed by atoms with Crippen LogP contribution in [0.15, 0.2) is 16.7 Å². The highest BCUT2D eigenvalue weighted by atomic mass is 16.3. The summed E-state index contributed by atoms with van der Waals surface area (Å²) in [6.45, 7) is 9.80. The second-order valence-electron chi connectivity index (χ2n) is 5.66. The average molecular weight is 264 g/mol. The molecule has 0 unspecified atom stereocenters. The van der Waals surface area contributed by atoms with E-state index in [9.17, 15) is 0 Å². The highest BCUT2D eigenvalue weighted by Crippen LogP contribution is 2.23. The molecule has 1 saturated heterocycles. The van der Waals surface area contributed by atoms with E-state index < -0.39 is 0 Å². The number of likely N-dealkylation sites (tertiary alicyclic amines) is 1. The normalized spacial score (nSPS) is 18.0. The van der Waals surface area contributed by atoms with Crippen LogP contribution in [0.3, 0.4) is 0 Å². The van der Waals surface area contributed by atoms with Crippen LogP contribution in [0, 0.1) is 5.92 Å². The van der Waals surface area contributed by atoms with E-state index in [1.807, 2.05) is 6.26 Å². The molecule has 1 N–H and O–H groups in total. The Bertz CT molecular complexity index is 353. The Balaban J connectivity index is 1.80. The van der Waals surface area contributed by atoms with Gasteiger partial charge in [0.05, 0.1) is 12.8 Å². The number of nitrogens with zero attached hydrogens (tertiary/aromatic N) is 1. The van der Waals surface area contributed by atoms with Gasteiger partial charge < -0.3 is 9.73 Å². The zero-order valence-electron chi connectivity index (χ0n) is 12.5. The first-order valence-electron chi connectivity index (χ1n) is 7.81. The lowest BCUT2D eigenvalue weighted by atomic mass is 9.92. The van der Waals surface area contributed by atoms with Crippen molar-refractivity contribution in [3.8, 4) is 0 Å². The molecular formula is C16H28N2O. The van der Waals surface area contributed by atoms with E-state index in [2.05, 4.69) is 30.1 Å². The molecule has 1 fully saturated rings. The van der Waals surface area contributed by atoms with Crippen LogP contribution in [-0.2, 0) is 13.1 Å². The molecule has 2 heterocycles. The molecule has 0 bridgehead atoms. The smallest absolute Gasteiger partial charge is 0.122 e. The third-order valence-electron chi connectivity index (χ3n) is 4.17. The van der Waals surface area contributed by atoms with Gasteiger partial charge in [-0.3, -0.25) is 4.90 Å². The van der Waals surface area contributed by atoms with Crippen molar-refractivity contribution >= 4 is 0 Å². The number of piperidine rings is 1. The van der Waals surface area contributed by atoms with E-state index in [1.165, 1.54) is 44.3 Å². The first-order chi connectivity index (χ1) is 9.33. The minimum atomic E-state index is 0.925. The lowest BCUT2D eigenvalue weighted by Crippen LogP contribution is -2.33. The number of hydrogen-bond acceptors (Lipinski definition) is 3. The second-order valence-corrected chi connectivity index (χ2v) is 5.66. The quantitative estimate of drug-likeness (QED) is 0.818. The van der Waals surface area contributed by atoms with E-state index in [0.29, 0.717) is 0 Å². The van der Waals surface area contributed by atoms with Gasteiger partial charge in [-0.2, -0.15) is 0 Å². The molecular weight excluding hydrogens is 236 g/mol. The molecule has 108 valence electrons. The lowest BCUT2D eigenvalue weighted by Gasteiger charge is -2.31. The first-order valence-corrected chi connectivity index (χ1v) is 7.81. The molecule has 1 aromatic heterocycles. The predicted octanol–water partition coefficient (Wildman–Crippen LogP) is 3.40. The molecule has 0 radical (unpaired) electrons. The molecule has 1 aliphatic heterocycles. The Morgan fingerprint density at radius 3 is 2.79 bits per heavy atom. The average Bonchev–Trinajstić information content (AvgIpc) is 2.86. The van der Waals surface area contributed by atoms with Crippen molar-refractivity contribution in [1.82, 2.24) is 10.2 Å². The Morgan fingerprint density at radius 2 is 2.11 bits per heavy atom. The molecule has 3 heteroatoms. The summed E-state index contributed by atoms with van der Waals surface area (Å²) >= 11 is 0. The van der Waals surface area contributed by atoms with Crippen LogP contribution in [0.5, 0.6) is 0 Å². The zero-order valence-corrected chi connectivity index (χ0v) is 12.5. The number of hydrogen-bond donors (Lipinski definition) is 1. The van der Waals surface area contributed by atoms with Crippen molar-refractivity contribution in [3.63, 3.8) is 0 Å². The van der Waals surface area contributed by atoms with E-state index >= 15 is 0 Å². The molecule has 0 aliphatic carbocycles. The van der Waals surface area contributed by atoms with Crippen LogP contribution in [0.2, 0.25) is 0 Å². The van der Waals surface area contributed by atoms with Crippen LogP contribution in [-0.4, -0.2) is 24.5 Å². The SMILES string of the molecule is CCCC1CCN(Cc2occc2CNCC)CC1. The monoisotopic (exact) mass is 264 g/mol. The summed E-state index contributed by atoms with van der Waals surface area (Å²) in [6, 6.07) is 2.10. The largest absolute Gasteiger partial charge is 0.468 e. The molecule has 3 nitrogen and oxygen atoms in total. The molecule has 1 aliphatic rings. The second kappa shape index (κ2) is 7.71. The molecule has 0 atom stereocenters. The summed E-state index contributed by atoms with van der Waals surface area (Å²) in [5, 5.41) is 3.37. The summed E-state index contributed by atoms with van der Waals surface area (Å²) in [5.74, 6) is 2.11. The van der Waals surface area contributed by atoms with Crippen molar-refractivity contribution in [3.05, 3.63) is 23.7 Å². The van der Waals surface area contributed by atoms with Crippen molar-refractivity contribution in [1.29, 1.82) is 0 Å². The van der Waals surface area contributed by atoms with Gasteiger partial charge in [0, 0.05) is 12.1 Å². The van der Waals surface area contributed by atoms with E-state index in [1.54, 1.807) is 0 Å². The van der Waals surface area contributed by atoms with Crippen LogP contribution < -0.4 is 5.32 Å². The molecule has 0 amide bonds. The van der Waals surface area contributed by atoms with Gasteiger partial charge in [0.25, 0.3) is 0 Å². The van der Waals surface area contributed by atoms with Gasteiger partial charge in [-0.05, 0) is 44.5 Å². The number of furan rings is 1. The standard InChI is InChI=1S/C16H28N2O/c1-3-5-14-6-9-18(10-7-14)13-16-15(8-11-19-16)12-17-4-2/h8,11,14,17H,3-7,9-10,12-13H2,1-2H3. The Labute approximate surface area is 117 Å². The van der Waals surface area contributed by atoms with Crippen LogP contribution in [0.1, 0.15) is 50.9 Å². The Hall–Kier alpha value is -0.800. The summed E-state index contributed by atoms with van der Waals surface area (Å²) in [7, 11) is 0. The van der Waals surface area contributed by atoms with E-state index in [0.717, 1.165) is 31.3 Å². The van der Waals surface area contributed by atoms with Crippen LogP contribution >= 0.6 is 0 Å². The highest BCUT2D eigenvalue weighted by Gasteiger charge is 2.20. The summed E-state index contributed by atoms with van der Waals surface area (Å²) in [6.07, 6.45) is 7.27. The van der Waals surface area contributed by atoms with Gasteiger partial charge in [-0.25, -0.2) is 0 Å². The number of rotatable bonds is 7. The molecule has 0 aromatic carbocycles. The third-order valence-corrected chi connectivity index (χ3v) is 4.17. The first kappa shape index (κ1) is 14.6. The molecule has 1 aromatic rings. The van der Waals surface area contributed by atoms with Crippen molar-refractivity contribution in [2.24, 2.45) is 5.92 Å². The fourth-order valence-electron chi connectivity index (χ4n) is 2.97. The maximum Gasteiger partial charge on any atom is 0.122 e. The predicted molar refractivity (Wildman–Crippen MR) is 79.0 cm³/mol. The lowest BCUT2D eigenvalue weighted by molar-refractivity contribution is 0.161. The summed E-state index contributed by atoms with van der Waals surface area (Å²) < 4.78 is 5.66. The van der Waals surface area contributed by atoms with Gasteiger partial charge in [-0.1, -0.05) is 26.7 Å². The Morgan fingerprint density at radius 1 is 1.32 bits per heavy atom. The van der Waals surface area contributed by atoms with Crippen LogP contribution in [0.4, 0.5) is 0 Å². The summed E-state index contributed by atoms with van der Waals surface area (Å²) in [4.78, 5) is 2.54. The maximum absolute atomic E-state index is 5.66. The Kier molecular flexibility index (Phi) is 5.93. The van der Waals surface area contributed by atoms with Crippen molar-refractivity contribution < 1.29 is 4.42 Å². The van der Waals surface area contributed by atoms with Gasteiger partial charge in [-0.15, -0.1) is 0 Å². The summed E-state index contributed by atoms with van der Waals surface area (Å²) in [5.41, 5.74) is 1.32. The van der Waals surface area contributed by atoms with Gasteiger partial charge in [0.1, 0.15) is 5.76 Å². The molecule has 0 saturated carbocycles. The van der Waals surface area contributed by atoms with Gasteiger partial charge in [0.15, 0.2) is 0 Å². The molecule has 0 spiro atoms. The maximum atomic E-state index is 5.66. The van der Waals surface area contributed by atoms with Crippen molar-refractivity contribution in [2.75, 3.05) is 19.6 Å². The zero-order chi connectivity index (χ0) is 13.5. The van der Waals surface area contributed by atoms with Crippen LogP contribution in [0.25, 0.3) is 0 Å². The minimum Gasteiger partial charge on any atom is -0.468 e. The van der Waals surface area contributed by atoms with E-state index in [-0.39, 0.29) is 0 Å². The topological polar surface area (TPSA) is 28.4 Å². The third kappa shape index (κ3) is 4.36. The molecule has 2 rings (SSSR count). The number of nitrogens with one attached hydrogen (secondary N) is 1. The van der Waals surface area contributed by atoms with Crippen molar-refractivity contribution in [2.45, 2.75) is 52.6 Å². The van der Waals surface area contributed by atoms with Gasteiger partial charge in [0.2, 0.25) is 0 Å². The van der Waals surface area contributed by atoms with Gasteiger partial charge >= 0.3 is 0 Å². The fourth-order valence-corrected chi connectivity index (χ4v) is 2.97. The highest BCUT2D eigenvalue weighted by molar-refractivity contribution is 5.16. The minimum absolute atomic E-state index is 0.925. The molecule has 19 heavy (non-hydrogen) atoms. The van der Waals surface area contributed by atoms with E-state index in [4.69, 9.17) is 4.42 Å².